The maximum atomic E-state index is 4.12. The number of likely N-dealkylation sites (tertiary alicyclic amines) is 1. The first-order valence-electron chi connectivity index (χ1n) is 9.05. The minimum absolute atomic E-state index is 0.440. The topological polar surface area (TPSA) is 56.0 Å². The molecular weight excluding hydrogens is 318 g/mol. The number of nitrogens with one attached hydrogen (secondary N) is 3. The highest BCUT2D eigenvalue weighted by atomic mass is 32.2. The van der Waals surface area contributed by atoms with Gasteiger partial charge < -0.3 is 20.5 Å². The predicted octanol–water partition coefficient (Wildman–Crippen LogP) is 2.58. The zero-order valence-electron chi connectivity index (χ0n) is 16.2. The number of rotatable bonds is 7. The van der Waals surface area contributed by atoms with Gasteiger partial charge in [-0.05, 0) is 38.9 Å². The fraction of sp³-hybridized carbons (Fsp3) is 0.833. The van der Waals surface area contributed by atoms with Gasteiger partial charge in [0.05, 0.1) is 5.75 Å². The molecular formula is C18H37N5S. The fourth-order valence-corrected chi connectivity index (χ4v) is 3.67. The Kier molecular flexibility index (Phi) is 10.7. The standard InChI is InChI=1S/C11H24N2.C7H13N3S/c1-11(2,3)9-13-7-5-6-10(8-13)12-4;1-8-4-5-11-6-7-9-2-3-10-7/h10,12H,5-9H2,1-4H3;2-3,8H,4-6H2,1H3,(H,9,10). The molecule has 1 aliphatic rings. The number of imidazole rings is 1. The number of nitrogens with zero attached hydrogens (tertiary/aromatic N) is 2. The van der Waals surface area contributed by atoms with Crippen LogP contribution in [-0.4, -0.2) is 66.9 Å². The zero-order chi connectivity index (χ0) is 17.8. The number of piperidine rings is 1. The van der Waals surface area contributed by atoms with Gasteiger partial charge in [0.15, 0.2) is 0 Å². The Morgan fingerprint density at radius 2 is 2.17 bits per heavy atom. The van der Waals surface area contributed by atoms with Gasteiger partial charge in [0, 0.05) is 43.8 Å². The lowest BCUT2D eigenvalue weighted by atomic mass is 9.94. The third-order valence-electron chi connectivity index (χ3n) is 3.90. The van der Waals surface area contributed by atoms with Gasteiger partial charge in [0.1, 0.15) is 5.82 Å². The second-order valence-electron chi connectivity index (χ2n) is 7.62. The number of hydrogen-bond donors (Lipinski definition) is 3. The lowest BCUT2D eigenvalue weighted by molar-refractivity contribution is 0.143. The molecule has 1 fully saturated rings. The molecule has 0 radical (unpaired) electrons. The van der Waals surface area contributed by atoms with Crippen molar-refractivity contribution >= 4 is 11.8 Å². The summed E-state index contributed by atoms with van der Waals surface area (Å²) in [6.45, 7) is 11.8. The monoisotopic (exact) mass is 355 g/mol. The van der Waals surface area contributed by atoms with Crippen LogP contribution in [-0.2, 0) is 5.75 Å². The Morgan fingerprint density at radius 1 is 1.38 bits per heavy atom. The molecule has 140 valence electrons. The highest BCUT2D eigenvalue weighted by Gasteiger charge is 2.22. The van der Waals surface area contributed by atoms with Crippen LogP contribution in [0, 0.1) is 5.41 Å². The number of H-pyrrole nitrogens is 1. The van der Waals surface area contributed by atoms with E-state index in [-0.39, 0.29) is 0 Å². The molecule has 1 aliphatic heterocycles. The van der Waals surface area contributed by atoms with E-state index in [1.165, 1.54) is 32.5 Å². The van der Waals surface area contributed by atoms with Crippen molar-refractivity contribution in [1.29, 1.82) is 0 Å². The van der Waals surface area contributed by atoms with E-state index in [2.05, 4.69) is 53.3 Å². The van der Waals surface area contributed by atoms with Crippen LogP contribution in [0.3, 0.4) is 0 Å². The number of likely N-dealkylation sites (N-methyl/N-ethyl adjacent to an activating group) is 1. The summed E-state index contributed by atoms with van der Waals surface area (Å²) in [6, 6.07) is 0.719. The third-order valence-corrected chi connectivity index (χ3v) is 4.87. The maximum Gasteiger partial charge on any atom is 0.116 e. The third kappa shape index (κ3) is 10.3. The van der Waals surface area contributed by atoms with Crippen molar-refractivity contribution in [1.82, 2.24) is 25.5 Å². The van der Waals surface area contributed by atoms with Crippen LogP contribution in [0.1, 0.15) is 39.4 Å². The molecule has 3 N–H and O–H groups in total. The SMILES string of the molecule is CNC1CCCN(CC(C)(C)C)C1.CNCCSCc1ncc[nH]1. The fourth-order valence-electron chi connectivity index (χ4n) is 2.83. The Balaban J connectivity index is 0.000000243. The molecule has 0 bridgehead atoms. The zero-order valence-corrected chi connectivity index (χ0v) is 17.0. The molecule has 0 amide bonds. The van der Waals surface area contributed by atoms with Gasteiger partial charge in [-0.1, -0.05) is 20.8 Å². The van der Waals surface area contributed by atoms with E-state index in [0.29, 0.717) is 5.41 Å². The molecule has 1 aromatic rings. The first kappa shape index (κ1) is 21.5. The van der Waals surface area contributed by atoms with Crippen LogP contribution in [0.15, 0.2) is 12.4 Å². The van der Waals surface area contributed by atoms with Crippen molar-refractivity contribution in [2.45, 2.75) is 45.4 Å². The lowest BCUT2D eigenvalue weighted by Crippen LogP contribution is -2.46. The minimum Gasteiger partial charge on any atom is -0.348 e. The molecule has 0 aliphatic carbocycles. The van der Waals surface area contributed by atoms with Gasteiger partial charge in [-0.3, -0.25) is 0 Å². The van der Waals surface area contributed by atoms with Crippen LogP contribution in [0.4, 0.5) is 0 Å². The quantitative estimate of drug-likeness (QED) is 0.656. The molecule has 5 nitrogen and oxygen atoms in total. The van der Waals surface area contributed by atoms with E-state index < -0.39 is 0 Å². The summed E-state index contributed by atoms with van der Waals surface area (Å²) < 4.78 is 0. The first-order chi connectivity index (χ1) is 11.4. The van der Waals surface area contributed by atoms with Gasteiger partial charge >= 0.3 is 0 Å². The number of aromatic nitrogens is 2. The van der Waals surface area contributed by atoms with Gasteiger partial charge in [0.25, 0.3) is 0 Å². The minimum atomic E-state index is 0.440. The molecule has 0 aromatic carbocycles. The Bertz CT molecular complexity index is 402. The molecule has 0 spiro atoms. The average Bonchev–Trinajstić information content (AvgIpc) is 3.04. The summed E-state index contributed by atoms with van der Waals surface area (Å²) in [5.74, 6) is 3.18. The van der Waals surface area contributed by atoms with Crippen molar-refractivity contribution < 1.29 is 0 Å². The van der Waals surface area contributed by atoms with Crippen LogP contribution >= 0.6 is 11.8 Å². The van der Waals surface area contributed by atoms with E-state index in [1.807, 2.05) is 25.0 Å². The van der Waals surface area contributed by atoms with Gasteiger partial charge in [-0.2, -0.15) is 11.8 Å². The van der Waals surface area contributed by atoms with Crippen molar-refractivity contribution in [3.63, 3.8) is 0 Å². The van der Waals surface area contributed by atoms with E-state index in [0.717, 1.165) is 29.9 Å². The number of aromatic amines is 1. The Labute approximate surface area is 152 Å². The van der Waals surface area contributed by atoms with Crippen LogP contribution < -0.4 is 10.6 Å². The summed E-state index contributed by atoms with van der Waals surface area (Å²) in [6.07, 6.45) is 6.33. The molecule has 1 aromatic heterocycles. The normalized spacial score (nSPS) is 19.0. The Morgan fingerprint density at radius 3 is 2.75 bits per heavy atom. The van der Waals surface area contributed by atoms with Gasteiger partial charge in [-0.25, -0.2) is 4.98 Å². The summed E-state index contributed by atoms with van der Waals surface area (Å²) in [5.41, 5.74) is 0.440. The summed E-state index contributed by atoms with van der Waals surface area (Å²) >= 11 is 1.88. The highest BCUT2D eigenvalue weighted by molar-refractivity contribution is 7.98. The molecule has 6 heteroatoms. The second-order valence-corrected chi connectivity index (χ2v) is 8.72. The predicted molar refractivity (Wildman–Crippen MR) is 107 cm³/mol. The smallest absolute Gasteiger partial charge is 0.116 e. The molecule has 2 heterocycles. The summed E-state index contributed by atoms with van der Waals surface area (Å²) in [7, 11) is 4.04. The lowest BCUT2D eigenvalue weighted by Gasteiger charge is -2.36. The summed E-state index contributed by atoms with van der Waals surface area (Å²) in [4.78, 5) is 9.77. The molecule has 0 saturated carbocycles. The molecule has 1 atom stereocenters. The van der Waals surface area contributed by atoms with Crippen LogP contribution in [0.2, 0.25) is 0 Å². The van der Waals surface area contributed by atoms with E-state index in [9.17, 15) is 0 Å². The molecule has 1 unspecified atom stereocenters. The largest absolute Gasteiger partial charge is 0.348 e. The van der Waals surface area contributed by atoms with Gasteiger partial charge in [0.2, 0.25) is 0 Å². The highest BCUT2D eigenvalue weighted by Crippen LogP contribution is 2.18. The van der Waals surface area contributed by atoms with Crippen LogP contribution in [0.5, 0.6) is 0 Å². The molecule has 2 rings (SSSR count). The maximum absolute atomic E-state index is 4.12. The van der Waals surface area contributed by atoms with Crippen molar-refractivity contribution in [2.75, 3.05) is 46.0 Å². The average molecular weight is 356 g/mol. The molecule has 1 saturated heterocycles. The van der Waals surface area contributed by atoms with Crippen molar-refractivity contribution in [2.24, 2.45) is 5.41 Å². The van der Waals surface area contributed by atoms with Gasteiger partial charge in [-0.15, -0.1) is 0 Å². The summed E-state index contributed by atoms with van der Waals surface area (Å²) in [5, 5.41) is 6.47. The first-order valence-corrected chi connectivity index (χ1v) is 10.2. The van der Waals surface area contributed by atoms with E-state index in [4.69, 9.17) is 0 Å². The van der Waals surface area contributed by atoms with Crippen molar-refractivity contribution in [3.05, 3.63) is 18.2 Å². The second kappa shape index (κ2) is 11.9. The van der Waals surface area contributed by atoms with Crippen molar-refractivity contribution in [3.8, 4) is 0 Å². The molecule has 24 heavy (non-hydrogen) atoms. The van der Waals surface area contributed by atoms with Crippen LogP contribution in [0.25, 0.3) is 0 Å². The Hall–Kier alpha value is -0.560. The van der Waals surface area contributed by atoms with E-state index >= 15 is 0 Å². The number of thioether (sulfide) groups is 1. The van der Waals surface area contributed by atoms with E-state index in [1.54, 1.807) is 6.20 Å². The number of hydrogen-bond acceptors (Lipinski definition) is 5.